The first-order valence-corrected chi connectivity index (χ1v) is 27.2. The molecular formula is C51H80O17P2. The number of phosphoric ester groups is 2. The Morgan fingerprint density at radius 2 is 1.03 bits per heavy atom. The zero-order valence-corrected chi connectivity index (χ0v) is 42.5. The molecule has 396 valence electrons. The van der Waals surface area contributed by atoms with Gasteiger partial charge in [-0.05, 0) is 83.5 Å². The summed E-state index contributed by atoms with van der Waals surface area (Å²) in [4.78, 5) is 54.3. The summed E-state index contributed by atoms with van der Waals surface area (Å²) >= 11 is 0. The monoisotopic (exact) mass is 1030 g/mol. The Balaban J connectivity index is 2.70. The van der Waals surface area contributed by atoms with Gasteiger partial charge in [0.1, 0.15) is 43.2 Å². The molecule has 0 radical (unpaired) electrons. The maximum atomic E-state index is 13.0. The molecule has 0 amide bonds. The summed E-state index contributed by atoms with van der Waals surface area (Å²) in [7, 11) is -10.8. The number of carbonyl (C=O) groups is 2. The molecular weight excluding hydrogens is 946 g/mol. The van der Waals surface area contributed by atoms with Crippen LogP contribution in [0.1, 0.15) is 123 Å². The molecule has 70 heavy (non-hydrogen) atoms. The van der Waals surface area contributed by atoms with Crippen LogP contribution in [0.3, 0.4) is 0 Å². The maximum absolute atomic E-state index is 13.0. The molecule has 0 aromatic carbocycles. The topological polar surface area (TPSA) is 276 Å². The van der Waals surface area contributed by atoms with E-state index in [1.807, 2.05) is 12.2 Å². The molecule has 1 rings (SSSR count). The molecule has 1 aliphatic rings. The van der Waals surface area contributed by atoms with Gasteiger partial charge in [0, 0.05) is 12.8 Å². The lowest BCUT2D eigenvalue weighted by Gasteiger charge is -2.43. The lowest BCUT2D eigenvalue weighted by Crippen LogP contribution is -2.64. The van der Waals surface area contributed by atoms with Crippen LogP contribution in [-0.4, -0.2) is 114 Å². The smallest absolute Gasteiger partial charge is 0.462 e. The summed E-state index contributed by atoms with van der Waals surface area (Å²) in [5.41, 5.74) is 0. The maximum Gasteiger partial charge on any atom is 0.472 e. The Hall–Kier alpha value is -3.64. The van der Waals surface area contributed by atoms with Gasteiger partial charge in [-0.3, -0.25) is 23.2 Å². The second-order valence-corrected chi connectivity index (χ2v) is 18.9. The quantitative estimate of drug-likeness (QED) is 0.00946. The van der Waals surface area contributed by atoms with Gasteiger partial charge in [0.25, 0.3) is 0 Å². The molecule has 19 heteroatoms. The number of unbranched alkanes of at least 4 members (excludes halogenated alkanes) is 4. The summed E-state index contributed by atoms with van der Waals surface area (Å²) in [5.74, 6) is -1.43. The van der Waals surface area contributed by atoms with Crippen LogP contribution >= 0.6 is 15.6 Å². The Labute approximate surface area is 414 Å². The van der Waals surface area contributed by atoms with Crippen LogP contribution in [0.25, 0.3) is 0 Å². The largest absolute Gasteiger partial charge is 0.472 e. The fourth-order valence-corrected chi connectivity index (χ4v) is 7.96. The number of aliphatic hydroxyl groups excluding tert-OH is 5. The third-order valence-electron chi connectivity index (χ3n) is 10.1. The highest BCUT2D eigenvalue weighted by Gasteiger charge is 2.54. The number of hydrogen-bond donors (Lipinski definition) is 8. The normalized spacial score (nSPS) is 22.5. The molecule has 17 nitrogen and oxygen atoms in total. The SMILES string of the molecule is CC/C=C\C/C=C\C/C=C\C/C=C\C=C/C(O)C/C=C\CCC(=O)OC[C@H](COP(=O)(O)O[C@H]1C(O)C(O)C(O)[C@@H](OP(=O)(O)O)C1O)OC(=O)CCCCCC/C=C\C/C=C\C/C=C\C/C=C\CC. The number of aliphatic hydroxyl groups is 5. The first-order chi connectivity index (χ1) is 33.5. The lowest BCUT2D eigenvalue weighted by molar-refractivity contribution is -0.216. The summed E-state index contributed by atoms with van der Waals surface area (Å²) in [5, 5.41) is 51.5. The van der Waals surface area contributed by atoms with Gasteiger partial charge >= 0.3 is 27.6 Å². The van der Waals surface area contributed by atoms with Crippen molar-refractivity contribution in [3.63, 3.8) is 0 Å². The second-order valence-electron chi connectivity index (χ2n) is 16.3. The highest BCUT2D eigenvalue weighted by atomic mass is 31.2. The van der Waals surface area contributed by atoms with Crippen molar-refractivity contribution in [3.8, 4) is 0 Å². The molecule has 0 aromatic heterocycles. The Kier molecular flexibility index (Phi) is 36.7. The average Bonchev–Trinajstić information content (AvgIpc) is 3.31. The van der Waals surface area contributed by atoms with E-state index in [0.29, 0.717) is 19.3 Å². The van der Waals surface area contributed by atoms with Crippen molar-refractivity contribution in [3.05, 3.63) is 122 Å². The number of hydrogen-bond acceptors (Lipinski definition) is 14. The highest BCUT2D eigenvalue weighted by molar-refractivity contribution is 7.47. The van der Waals surface area contributed by atoms with Gasteiger partial charge in [0.15, 0.2) is 6.10 Å². The molecule has 8 N–H and O–H groups in total. The van der Waals surface area contributed by atoms with Gasteiger partial charge in [-0.1, -0.05) is 148 Å². The third-order valence-corrected chi connectivity index (χ3v) is 11.6. The molecule has 1 fully saturated rings. The molecule has 6 unspecified atom stereocenters. The summed E-state index contributed by atoms with van der Waals surface area (Å²) in [6.45, 7) is 2.70. The van der Waals surface area contributed by atoms with Crippen molar-refractivity contribution >= 4 is 27.6 Å². The van der Waals surface area contributed by atoms with Gasteiger partial charge < -0.3 is 49.7 Å². The number of carbonyl (C=O) groups excluding carboxylic acids is 2. The van der Waals surface area contributed by atoms with E-state index < -0.39 is 89.6 Å². The van der Waals surface area contributed by atoms with Crippen molar-refractivity contribution in [2.45, 2.75) is 172 Å². The van der Waals surface area contributed by atoms with Crippen LogP contribution in [0.5, 0.6) is 0 Å². The predicted molar refractivity (Wildman–Crippen MR) is 270 cm³/mol. The van der Waals surface area contributed by atoms with Crippen molar-refractivity contribution in [1.29, 1.82) is 0 Å². The van der Waals surface area contributed by atoms with E-state index >= 15 is 0 Å². The molecule has 0 bridgehead atoms. The highest BCUT2D eigenvalue weighted by Crippen LogP contribution is 2.49. The van der Waals surface area contributed by atoms with Gasteiger partial charge in [0.2, 0.25) is 0 Å². The summed E-state index contributed by atoms with van der Waals surface area (Å²) in [6.07, 6.45) is 36.0. The predicted octanol–water partition coefficient (Wildman–Crippen LogP) is 8.47. The number of rotatable bonds is 38. The number of allylic oxidation sites excluding steroid dienone is 18. The number of ether oxygens (including phenoxy) is 2. The third kappa shape index (κ3) is 33.9. The second kappa shape index (κ2) is 39.9. The molecule has 0 aromatic rings. The van der Waals surface area contributed by atoms with Gasteiger partial charge in [-0.2, -0.15) is 0 Å². The molecule has 9 atom stereocenters. The Morgan fingerprint density at radius 3 is 1.59 bits per heavy atom. The van der Waals surface area contributed by atoms with Gasteiger partial charge in [-0.15, -0.1) is 0 Å². The summed E-state index contributed by atoms with van der Waals surface area (Å²) < 4.78 is 49.2. The average molecular weight is 1030 g/mol. The van der Waals surface area contributed by atoms with E-state index in [0.717, 1.165) is 70.6 Å². The summed E-state index contributed by atoms with van der Waals surface area (Å²) in [6, 6.07) is 0. The minimum Gasteiger partial charge on any atom is -0.462 e. The first-order valence-electron chi connectivity index (χ1n) is 24.2. The van der Waals surface area contributed by atoms with E-state index in [1.54, 1.807) is 24.3 Å². The van der Waals surface area contributed by atoms with E-state index in [9.17, 15) is 58.9 Å². The van der Waals surface area contributed by atoms with E-state index in [2.05, 4.69) is 103 Å². The van der Waals surface area contributed by atoms with E-state index in [4.69, 9.17) is 18.5 Å². The van der Waals surface area contributed by atoms with Crippen LogP contribution < -0.4 is 0 Å². The first kappa shape index (κ1) is 64.4. The molecule has 0 saturated heterocycles. The van der Waals surface area contributed by atoms with Gasteiger partial charge in [0.05, 0.1) is 12.7 Å². The Morgan fingerprint density at radius 1 is 0.529 bits per heavy atom. The van der Waals surface area contributed by atoms with E-state index in [1.165, 1.54) is 0 Å². The van der Waals surface area contributed by atoms with Crippen molar-refractivity contribution in [1.82, 2.24) is 0 Å². The fraction of sp³-hybridized carbons (Fsp3) is 0.569. The molecule has 1 saturated carbocycles. The minimum atomic E-state index is -5.39. The Bertz CT molecular complexity index is 1830. The molecule has 0 spiro atoms. The van der Waals surface area contributed by atoms with Crippen LogP contribution in [0.15, 0.2) is 122 Å². The number of esters is 2. The van der Waals surface area contributed by atoms with Crippen LogP contribution in [-0.2, 0) is 41.8 Å². The van der Waals surface area contributed by atoms with Crippen LogP contribution in [0.4, 0.5) is 0 Å². The lowest BCUT2D eigenvalue weighted by atomic mass is 9.85. The minimum absolute atomic E-state index is 0.0292. The molecule has 0 heterocycles. The standard InChI is InChI=1S/C51H80O17P2/c1-3-5-7-9-11-13-15-17-18-19-20-22-24-26-28-30-34-39-45(54)66-43(41-65-70(62,63)68-51-48(57)46(55)47(56)50(49(51)58)67-69(59,60)61)40-64-44(53)38-35-31-33-37-42(52)36-32-29-27-25-23-21-16-14-12-10-8-6-4-2/h5-8,11-14,17-18,20-23,27,29,31-33,36,42-43,46-52,55-58H,3-4,9-10,15-16,19,24-26,28,30,34-35,37-41H2,1-2H3,(H,62,63)(H2,59,60,61)/b7-5-,8-6-,13-11-,14-12-,18-17-,22-20-,23-21-,29-27-,33-31-,36-32-/t42?,43-,46?,47?,48?,49?,50-,51+/m1/s1. The van der Waals surface area contributed by atoms with Crippen molar-refractivity contribution < 1.29 is 82.0 Å². The van der Waals surface area contributed by atoms with Gasteiger partial charge in [-0.25, -0.2) is 9.13 Å². The van der Waals surface area contributed by atoms with Crippen LogP contribution in [0, 0.1) is 0 Å². The molecule has 1 aliphatic carbocycles. The molecule has 0 aliphatic heterocycles. The van der Waals surface area contributed by atoms with E-state index in [-0.39, 0.29) is 19.3 Å². The fourth-order valence-electron chi connectivity index (χ4n) is 6.42. The van der Waals surface area contributed by atoms with Crippen molar-refractivity contribution in [2.24, 2.45) is 0 Å². The number of phosphoric acid groups is 2. The zero-order chi connectivity index (χ0) is 51.9. The van der Waals surface area contributed by atoms with Crippen molar-refractivity contribution in [2.75, 3.05) is 13.2 Å². The van der Waals surface area contributed by atoms with Crippen LogP contribution in [0.2, 0.25) is 0 Å². The zero-order valence-electron chi connectivity index (χ0n) is 40.7.